The molecular formula is C20H35IN4O3. The van der Waals surface area contributed by atoms with Crippen molar-refractivity contribution in [3.8, 4) is 5.88 Å². The molecule has 0 radical (unpaired) electrons. The van der Waals surface area contributed by atoms with Crippen LogP contribution < -0.4 is 10.1 Å². The molecule has 0 aromatic carbocycles. The molecule has 1 aromatic heterocycles. The lowest BCUT2D eigenvalue weighted by Crippen LogP contribution is -2.40. The average Bonchev–Trinajstić information content (AvgIpc) is 2.71. The Morgan fingerprint density at radius 2 is 2.14 bits per heavy atom. The largest absolute Gasteiger partial charge is 0.475 e. The Hall–Kier alpha value is -1.13. The first kappa shape index (κ1) is 24.9. The lowest BCUT2D eigenvalue weighted by molar-refractivity contribution is 0.0625. The summed E-state index contributed by atoms with van der Waals surface area (Å²) in [5.74, 6) is 2.29. The van der Waals surface area contributed by atoms with Crippen LogP contribution in [0.15, 0.2) is 23.3 Å². The van der Waals surface area contributed by atoms with Crippen LogP contribution in [0.1, 0.15) is 31.7 Å². The minimum absolute atomic E-state index is 0. The van der Waals surface area contributed by atoms with Gasteiger partial charge in [-0.2, -0.15) is 0 Å². The van der Waals surface area contributed by atoms with E-state index in [9.17, 15) is 0 Å². The number of guanidine groups is 1. The SMILES string of the molecule is CCNC(=NCc1cccnc1OCCOC)N(C)CCC1CCOCC1.I. The Morgan fingerprint density at radius 3 is 2.86 bits per heavy atom. The molecule has 0 spiro atoms. The summed E-state index contributed by atoms with van der Waals surface area (Å²) in [5, 5.41) is 3.38. The predicted molar refractivity (Wildman–Crippen MR) is 123 cm³/mol. The fourth-order valence-electron chi connectivity index (χ4n) is 3.04. The van der Waals surface area contributed by atoms with Crippen LogP contribution >= 0.6 is 24.0 Å². The molecule has 1 aliphatic rings. The van der Waals surface area contributed by atoms with Crippen LogP contribution in [-0.2, 0) is 16.0 Å². The Kier molecular flexibility index (Phi) is 13.2. The molecule has 0 aliphatic carbocycles. The van der Waals surface area contributed by atoms with Gasteiger partial charge < -0.3 is 24.4 Å². The molecule has 1 N–H and O–H groups in total. The smallest absolute Gasteiger partial charge is 0.218 e. The van der Waals surface area contributed by atoms with Gasteiger partial charge in [0.15, 0.2) is 5.96 Å². The van der Waals surface area contributed by atoms with Crippen LogP contribution in [0, 0.1) is 5.92 Å². The molecule has 8 heteroatoms. The van der Waals surface area contributed by atoms with E-state index >= 15 is 0 Å². The van der Waals surface area contributed by atoms with Gasteiger partial charge in [0.25, 0.3) is 0 Å². The fraction of sp³-hybridized carbons (Fsp3) is 0.700. The molecule has 1 aliphatic heterocycles. The van der Waals surface area contributed by atoms with Gasteiger partial charge in [0.05, 0.1) is 13.2 Å². The maximum Gasteiger partial charge on any atom is 0.218 e. The number of hydrogen-bond donors (Lipinski definition) is 1. The molecule has 1 fully saturated rings. The Labute approximate surface area is 186 Å². The number of nitrogens with zero attached hydrogens (tertiary/aromatic N) is 3. The van der Waals surface area contributed by atoms with Gasteiger partial charge >= 0.3 is 0 Å². The third-order valence-corrected chi connectivity index (χ3v) is 4.69. The van der Waals surface area contributed by atoms with E-state index in [0.717, 1.165) is 43.7 Å². The van der Waals surface area contributed by atoms with E-state index in [2.05, 4.69) is 29.2 Å². The summed E-state index contributed by atoms with van der Waals surface area (Å²) >= 11 is 0. The summed E-state index contributed by atoms with van der Waals surface area (Å²) in [6, 6.07) is 3.92. The highest BCUT2D eigenvalue weighted by Gasteiger charge is 2.15. The Balaban J connectivity index is 0.00000392. The minimum atomic E-state index is 0. The zero-order chi connectivity index (χ0) is 19.3. The quantitative estimate of drug-likeness (QED) is 0.228. The van der Waals surface area contributed by atoms with Crippen LogP contribution in [0.5, 0.6) is 5.88 Å². The van der Waals surface area contributed by atoms with Gasteiger partial charge in [0, 0.05) is 52.2 Å². The van der Waals surface area contributed by atoms with Crippen LogP contribution in [0.4, 0.5) is 0 Å². The molecule has 160 valence electrons. The number of aromatic nitrogens is 1. The van der Waals surface area contributed by atoms with Gasteiger partial charge in [0.1, 0.15) is 6.61 Å². The third-order valence-electron chi connectivity index (χ3n) is 4.69. The van der Waals surface area contributed by atoms with Crippen molar-refractivity contribution in [2.24, 2.45) is 10.9 Å². The van der Waals surface area contributed by atoms with Crippen molar-refractivity contribution in [3.05, 3.63) is 23.9 Å². The van der Waals surface area contributed by atoms with E-state index in [0.29, 0.717) is 25.6 Å². The molecule has 0 saturated carbocycles. The standard InChI is InChI=1S/C20H34N4O3.HI/c1-4-21-20(24(2)11-7-17-8-12-26-13-9-17)23-16-18-6-5-10-22-19(18)27-15-14-25-3;/h5-6,10,17H,4,7-9,11-16H2,1-3H3,(H,21,23);1H. The van der Waals surface area contributed by atoms with Gasteiger partial charge in [-0.1, -0.05) is 6.07 Å². The zero-order valence-corrected chi connectivity index (χ0v) is 19.7. The summed E-state index contributed by atoms with van der Waals surface area (Å²) in [7, 11) is 3.76. The zero-order valence-electron chi connectivity index (χ0n) is 17.4. The number of ether oxygens (including phenoxy) is 3. The Morgan fingerprint density at radius 1 is 1.36 bits per heavy atom. The number of rotatable bonds is 10. The van der Waals surface area contributed by atoms with Crippen LogP contribution in [0.2, 0.25) is 0 Å². The van der Waals surface area contributed by atoms with Crippen molar-refractivity contribution in [1.29, 1.82) is 0 Å². The summed E-state index contributed by atoms with van der Waals surface area (Å²) in [4.78, 5) is 11.3. The van der Waals surface area contributed by atoms with E-state index in [1.165, 1.54) is 19.3 Å². The number of aliphatic imine (C=N–C) groups is 1. The molecule has 2 rings (SSSR count). The molecule has 7 nitrogen and oxygen atoms in total. The van der Waals surface area contributed by atoms with Crippen molar-refractivity contribution >= 4 is 29.9 Å². The van der Waals surface area contributed by atoms with Gasteiger partial charge in [0.2, 0.25) is 5.88 Å². The Bertz CT molecular complexity index is 568. The van der Waals surface area contributed by atoms with Gasteiger partial charge in [-0.15, -0.1) is 24.0 Å². The summed E-state index contributed by atoms with van der Waals surface area (Å²) in [6.07, 6.45) is 5.24. The molecule has 0 amide bonds. The van der Waals surface area contributed by atoms with Gasteiger partial charge in [-0.05, 0) is 38.2 Å². The molecule has 28 heavy (non-hydrogen) atoms. The van der Waals surface area contributed by atoms with E-state index in [-0.39, 0.29) is 24.0 Å². The molecule has 0 atom stereocenters. The van der Waals surface area contributed by atoms with Crippen molar-refractivity contribution in [2.75, 3.05) is 53.7 Å². The van der Waals surface area contributed by atoms with Crippen LogP contribution in [0.25, 0.3) is 0 Å². The number of halogens is 1. The first-order valence-corrected chi connectivity index (χ1v) is 9.87. The second kappa shape index (κ2) is 14.8. The monoisotopic (exact) mass is 506 g/mol. The number of pyridine rings is 1. The van der Waals surface area contributed by atoms with E-state index in [1.807, 2.05) is 12.1 Å². The molecular weight excluding hydrogens is 471 g/mol. The van der Waals surface area contributed by atoms with E-state index < -0.39 is 0 Å². The van der Waals surface area contributed by atoms with Crippen LogP contribution in [-0.4, -0.2) is 69.5 Å². The maximum atomic E-state index is 5.71. The van der Waals surface area contributed by atoms with Crippen molar-refractivity contribution in [1.82, 2.24) is 15.2 Å². The predicted octanol–water partition coefficient (Wildman–Crippen LogP) is 2.94. The maximum absolute atomic E-state index is 5.71. The van der Waals surface area contributed by atoms with Crippen LogP contribution in [0.3, 0.4) is 0 Å². The lowest BCUT2D eigenvalue weighted by atomic mass is 9.96. The summed E-state index contributed by atoms with van der Waals surface area (Å²) in [6.45, 7) is 7.26. The second-order valence-electron chi connectivity index (χ2n) is 6.75. The van der Waals surface area contributed by atoms with E-state index in [1.54, 1.807) is 13.3 Å². The summed E-state index contributed by atoms with van der Waals surface area (Å²) in [5.41, 5.74) is 0.974. The van der Waals surface area contributed by atoms with Crippen molar-refractivity contribution in [3.63, 3.8) is 0 Å². The topological polar surface area (TPSA) is 68.2 Å². The summed E-state index contributed by atoms with van der Waals surface area (Å²) < 4.78 is 16.2. The fourth-order valence-corrected chi connectivity index (χ4v) is 3.04. The normalized spacial score (nSPS) is 15.0. The third kappa shape index (κ3) is 8.91. The molecule has 2 heterocycles. The second-order valence-corrected chi connectivity index (χ2v) is 6.75. The van der Waals surface area contributed by atoms with Crippen molar-refractivity contribution < 1.29 is 14.2 Å². The molecule has 0 unspecified atom stereocenters. The first-order valence-electron chi connectivity index (χ1n) is 9.87. The number of nitrogens with one attached hydrogen (secondary N) is 1. The van der Waals surface area contributed by atoms with E-state index in [4.69, 9.17) is 19.2 Å². The van der Waals surface area contributed by atoms with Crippen molar-refractivity contribution in [2.45, 2.75) is 32.7 Å². The number of methoxy groups -OCH3 is 1. The van der Waals surface area contributed by atoms with Gasteiger partial charge in [-0.3, -0.25) is 0 Å². The average molecular weight is 506 g/mol. The minimum Gasteiger partial charge on any atom is -0.475 e. The molecule has 1 saturated heterocycles. The first-order chi connectivity index (χ1) is 13.2. The highest BCUT2D eigenvalue weighted by molar-refractivity contribution is 14.0. The van der Waals surface area contributed by atoms with Gasteiger partial charge in [-0.25, -0.2) is 9.98 Å². The lowest BCUT2D eigenvalue weighted by Gasteiger charge is -2.27. The highest BCUT2D eigenvalue weighted by atomic mass is 127. The molecule has 1 aromatic rings. The molecule has 0 bridgehead atoms. The highest BCUT2D eigenvalue weighted by Crippen LogP contribution is 2.19. The number of hydrogen-bond acceptors (Lipinski definition) is 5.